The number of nitrogens with one attached hydrogen (secondary N) is 1. The SMILES string of the molecule is COc1cccc(F)c1C(C)NC(C)CCSC. The largest absolute Gasteiger partial charge is 0.496 e. The Labute approximate surface area is 113 Å². The molecule has 0 aromatic heterocycles. The van der Waals surface area contributed by atoms with Crippen molar-refractivity contribution in [2.45, 2.75) is 32.4 Å². The van der Waals surface area contributed by atoms with Crippen LogP contribution in [0.15, 0.2) is 18.2 Å². The van der Waals surface area contributed by atoms with E-state index in [1.807, 2.05) is 18.7 Å². The van der Waals surface area contributed by atoms with Crippen LogP contribution in [0.4, 0.5) is 4.39 Å². The van der Waals surface area contributed by atoms with Crippen molar-refractivity contribution in [3.05, 3.63) is 29.6 Å². The fraction of sp³-hybridized carbons (Fsp3) is 0.571. The predicted octanol–water partition coefficient (Wildman–Crippen LogP) is 3.63. The Morgan fingerprint density at radius 1 is 1.39 bits per heavy atom. The minimum absolute atomic E-state index is 0.0574. The van der Waals surface area contributed by atoms with Gasteiger partial charge in [0.1, 0.15) is 11.6 Å². The van der Waals surface area contributed by atoms with Gasteiger partial charge in [-0.2, -0.15) is 11.8 Å². The van der Waals surface area contributed by atoms with E-state index in [0.29, 0.717) is 17.4 Å². The first-order valence-electron chi connectivity index (χ1n) is 6.17. The molecule has 18 heavy (non-hydrogen) atoms. The lowest BCUT2D eigenvalue weighted by Gasteiger charge is -2.22. The molecule has 4 heteroatoms. The van der Waals surface area contributed by atoms with Crippen molar-refractivity contribution in [3.63, 3.8) is 0 Å². The van der Waals surface area contributed by atoms with Crippen LogP contribution in [-0.4, -0.2) is 25.2 Å². The Morgan fingerprint density at radius 2 is 2.11 bits per heavy atom. The van der Waals surface area contributed by atoms with E-state index < -0.39 is 0 Å². The van der Waals surface area contributed by atoms with Crippen molar-refractivity contribution in [2.75, 3.05) is 19.1 Å². The highest BCUT2D eigenvalue weighted by atomic mass is 32.2. The Morgan fingerprint density at radius 3 is 2.72 bits per heavy atom. The maximum Gasteiger partial charge on any atom is 0.131 e. The summed E-state index contributed by atoms with van der Waals surface area (Å²) < 4.78 is 19.1. The van der Waals surface area contributed by atoms with Gasteiger partial charge < -0.3 is 10.1 Å². The third-order valence-corrected chi connectivity index (χ3v) is 3.60. The van der Waals surface area contributed by atoms with Crippen LogP contribution in [0.25, 0.3) is 0 Å². The van der Waals surface area contributed by atoms with Crippen molar-refractivity contribution in [1.82, 2.24) is 5.32 Å². The summed E-state index contributed by atoms with van der Waals surface area (Å²) in [5.74, 6) is 1.49. The molecule has 102 valence electrons. The lowest BCUT2D eigenvalue weighted by atomic mass is 10.1. The summed E-state index contributed by atoms with van der Waals surface area (Å²) in [4.78, 5) is 0. The normalized spacial score (nSPS) is 14.3. The van der Waals surface area contributed by atoms with Crippen LogP contribution in [0.3, 0.4) is 0 Å². The highest BCUT2D eigenvalue weighted by Gasteiger charge is 2.17. The average Bonchev–Trinajstić information content (AvgIpc) is 2.35. The Bertz CT molecular complexity index is 373. The summed E-state index contributed by atoms with van der Waals surface area (Å²) in [6.45, 7) is 4.09. The van der Waals surface area contributed by atoms with Crippen LogP contribution < -0.4 is 10.1 Å². The average molecular weight is 271 g/mol. The molecule has 1 aromatic carbocycles. The van der Waals surface area contributed by atoms with E-state index in [2.05, 4.69) is 18.5 Å². The van der Waals surface area contributed by atoms with Gasteiger partial charge in [0, 0.05) is 17.6 Å². The molecule has 0 aliphatic heterocycles. The minimum atomic E-state index is -0.216. The van der Waals surface area contributed by atoms with Crippen molar-refractivity contribution in [3.8, 4) is 5.75 Å². The first-order valence-corrected chi connectivity index (χ1v) is 7.57. The Hall–Kier alpha value is -0.740. The molecule has 1 rings (SSSR count). The summed E-state index contributed by atoms with van der Waals surface area (Å²) in [5.41, 5.74) is 0.607. The van der Waals surface area contributed by atoms with E-state index in [4.69, 9.17) is 4.74 Å². The third-order valence-electron chi connectivity index (χ3n) is 2.96. The van der Waals surface area contributed by atoms with Crippen LogP contribution in [0.2, 0.25) is 0 Å². The van der Waals surface area contributed by atoms with Crippen molar-refractivity contribution < 1.29 is 9.13 Å². The molecule has 0 bridgehead atoms. The first kappa shape index (κ1) is 15.3. The first-order chi connectivity index (χ1) is 8.60. The molecule has 0 radical (unpaired) electrons. The lowest BCUT2D eigenvalue weighted by Crippen LogP contribution is -2.30. The van der Waals surface area contributed by atoms with Gasteiger partial charge >= 0.3 is 0 Å². The molecule has 2 unspecified atom stereocenters. The highest BCUT2D eigenvalue weighted by Crippen LogP contribution is 2.28. The van der Waals surface area contributed by atoms with E-state index in [-0.39, 0.29) is 11.9 Å². The van der Waals surface area contributed by atoms with E-state index >= 15 is 0 Å². The molecule has 0 aliphatic rings. The van der Waals surface area contributed by atoms with Gasteiger partial charge in [0.15, 0.2) is 0 Å². The quantitative estimate of drug-likeness (QED) is 0.818. The molecule has 0 fully saturated rings. The van der Waals surface area contributed by atoms with E-state index in [1.54, 1.807) is 19.2 Å². The Balaban J connectivity index is 2.74. The molecule has 2 nitrogen and oxygen atoms in total. The number of hydrogen-bond acceptors (Lipinski definition) is 3. The van der Waals surface area contributed by atoms with Gasteiger partial charge in [0.2, 0.25) is 0 Å². The van der Waals surface area contributed by atoms with Crippen LogP contribution >= 0.6 is 11.8 Å². The van der Waals surface area contributed by atoms with E-state index in [9.17, 15) is 4.39 Å². The third kappa shape index (κ3) is 4.18. The molecule has 1 N–H and O–H groups in total. The predicted molar refractivity (Wildman–Crippen MR) is 77.0 cm³/mol. The molecule has 0 aliphatic carbocycles. The van der Waals surface area contributed by atoms with Gasteiger partial charge in [0.25, 0.3) is 0 Å². The zero-order valence-electron chi connectivity index (χ0n) is 11.5. The zero-order valence-corrected chi connectivity index (χ0v) is 12.3. The van der Waals surface area contributed by atoms with E-state index in [0.717, 1.165) is 12.2 Å². The van der Waals surface area contributed by atoms with Crippen molar-refractivity contribution in [1.29, 1.82) is 0 Å². The van der Waals surface area contributed by atoms with Crippen LogP contribution in [0.1, 0.15) is 31.9 Å². The van der Waals surface area contributed by atoms with Gasteiger partial charge in [-0.25, -0.2) is 4.39 Å². The molecular formula is C14H22FNOS. The second-order valence-electron chi connectivity index (χ2n) is 4.43. The molecule has 0 saturated heterocycles. The van der Waals surface area contributed by atoms with Crippen LogP contribution in [-0.2, 0) is 0 Å². The summed E-state index contributed by atoms with van der Waals surface area (Å²) >= 11 is 1.82. The standard InChI is InChI=1S/C14H22FNOS/c1-10(8-9-18-4)16-11(2)14-12(15)6-5-7-13(14)17-3/h5-7,10-11,16H,8-9H2,1-4H3. The van der Waals surface area contributed by atoms with Crippen molar-refractivity contribution in [2.24, 2.45) is 0 Å². The monoisotopic (exact) mass is 271 g/mol. The van der Waals surface area contributed by atoms with Gasteiger partial charge in [-0.05, 0) is 44.4 Å². The second-order valence-corrected chi connectivity index (χ2v) is 5.41. The summed E-state index contributed by atoms with van der Waals surface area (Å²) in [5, 5.41) is 3.41. The summed E-state index contributed by atoms with van der Waals surface area (Å²) in [6, 6.07) is 5.24. The maximum absolute atomic E-state index is 13.9. The smallest absolute Gasteiger partial charge is 0.131 e. The number of rotatable bonds is 7. The summed E-state index contributed by atoms with van der Waals surface area (Å²) in [7, 11) is 1.57. The molecule has 0 spiro atoms. The van der Waals surface area contributed by atoms with Gasteiger partial charge in [-0.1, -0.05) is 6.07 Å². The molecule has 2 atom stereocenters. The number of benzene rings is 1. The van der Waals surface area contributed by atoms with Crippen molar-refractivity contribution >= 4 is 11.8 Å². The molecule has 1 aromatic rings. The minimum Gasteiger partial charge on any atom is -0.496 e. The van der Waals surface area contributed by atoms with Gasteiger partial charge in [-0.15, -0.1) is 0 Å². The fourth-order valence-electron chi connectivity index (χ4n) is 2.00. The van der Waals surface area contributed by atoms with E-state index in [1.165, 1.54) is 6.07 Å². The molecular weight excluding hydrogens is 249 g/mol. The molecule has 0 saturated carbocycles. The zero-order chi connectivity index (χ0) is 13.5. The van der Waals surface area contributed by atoms with Gasteiger partial charge in [-0.3, -0.25) is 0 Å². The van der Waals surface area contributed by atoms with Crippen LogP contribution in [0.5, 0.6) is 5.75 Å². The summed E-state index contributed by atoms with van der Waals surface area (Å²) in [6.07, 6.45) is 3.16. The molecule has 0 heterocycles. The highest BCUT2D eigenvalue weighted by molar-refractivity contribution is 7.98. The number of methoxy groups -OCH3 is 1. The number of thioether (sulfide) groups is 1. The molecule has 0 amide bonds. The van der Waals surface area contributed by atoms with Crippen LogP contribution in [0, 0.1) is 5.82 Å². The Kier molecular flexibility index (Phi) is 6.50. The fourth-order valence-corrected chi connectivity index (χ4v) is 2.59. The number of halogens is 1. The number of ether oxygens (including phenoxy) is 1. The number of hydrogen-bond donors (Lipinski definition) is 1. The second kappa shape index (κ2) is 7.64. The maximum atomic E-state index is 13.9. The van der Waals surface area contributed by atoms with Gasteiger partial charge in [0.05, 0.1) is 7.11 Å². The topological polar surface area (TPSA) is 21.3 Å². The lowest BCUT2D eigenvalue weighted by molar-refractivity contribution is 0.385.